The molecule has 0 bridgehead atoms. The van der Waals surface area contributed by atoms with Crippen LogP contribution < -0.4 is 0 Å². The summed E-state index contributed by atoms with van der Waals surface area (Å²) < 4.78 is 10.8. The van der Waals surface area contributed by atoms with Crippen LogP contribution in [-0.4, -0.2) is 25.9 Å². The van der Waals surface area contributed by atoms with Crippen LogP contribution in [0.15, 0.2) is 0 Å². The molecule has 0 atom stereocenters. The lowest BCUT2D eigenvalue weighted by atomic mass is 9.99. The van der Waals surface area contributed by atoms with Crippen LogP contribution in [0.1, 0.15) is 34.6 Å². The minimum absolute atomic E-state index is 0.262. The first-order valence-corrected chi connectivity index (χ1v) is 4.61. The molecule has 0 rings (SSSR count). The Kier molecular flexibility index (Phi) is 5.51. The lowest BCUT2D eigenvalue weighted by molar-refractivity contribution is -0.0000659. The van der Waals surface area contributed by atoms with Gasteiger partial charge in [-0.2, -0.15) is 0 Å². The first-order valence-electron chi connectivity index (χ1n) is 4.61. The van der Waals surface area contributed by atoms with Crippen molar-refractivity contribution in [3.05, 3.63) is 0 Å². The molecule has 74 valence electrons. The van der Waals surface area contributed by atoms with Gasteiger partial charge in [0.05, 0.1) is 25.9 Å². The molecule has 0 saturated heterocycles. The van der Waals surface area contributed by atoms with Crippen molar-refractivity contribution in [3.63, 3.8) is 0 Å². The fourth-order valence-electron chi connectivity index (χ4n) is 0.721. The highest BCUT2D eigenvalue weighted by Gasteiger charge is 2.09. The van der Waals surface area contributed by atoms with Gasteiger partial charge in [-0.25, -0.2) is 0 Å². The number of ether oxygens (including phenoxy) is 2. The molecule has 0 aromatic heterocycles. The van der Waals surface area contributed by atoms with Gasteiger partial charge in [-0.15, -0.1) is 0 Å². The van der Waals surface area contributed by atoms with E-state index in [0.717, 1.165) is 6.61 Å². The molecule has 0 spiro atoms. The molecule has 12 heavy (non-hydrogen) atoms. The van der Waals surface area contributed by atoms with Gasteiger partial charge >= 0.3 is 0 Å². The lowest BCUT2D eigenvalue weighted by Gasteiger charge is -2.18. The average Bonchev–Trinajstić information content (AvgIpc) is 1.83. The summed E-state index contributed by atoms with van der Waals surface area (Å²) in [5.41, 5.74) is 0.262. The van der Waals surface area contributed by atoms with E-state index in [1.807, 2.05) is 13.8 Å². The zero-order valence-corrected chi connectivity index (χ0v) is 9.02. The van der Waals surface area contributed by atoms with Crippen molar-refractivity contribution >= 4 is 0 Å². The van der Waals surface area contributed by atoms with Gasteiger partial charge in [0.25, 0.3) is 0 Å². The Morgan fingerprint density at radius 2 is 1.67 bits per heavy atom. The zero-order chi connectivity index (χ0) is 9.61. The van der Waals surface area contributed by atoms with Crippen molar-refractivity contribution in [2.45, 2.75) is 40.7 Å². The summed E-state index contributed by atoms with van der Waals surface area (Å²) in [6.07, 6.45) is 0.309. The second-order valence-electron chi connectivity index (χ2n) is 4.53. The van der Waals surface area contributed by atoms with Crippen molar-refractivity contribution in [1.29, 1.82) is 0 Å². The molecule has 0 fully saturated rings. The predicted molar refractivity (Wildman–Crippen MR) is 51.4 cm³/mol. The summed E-state index contributed by atoms with van der Waals surface area (Å²) in [6, 6.07) is 0. The van der Waals surface area contributed by atoms with Crippen molar-refractivity contribution < 1.29 is 9.47 Å². The van der Waals surface area contributed by atoms with Gasteiger partial charge < -0.3 is 9.47 Å². The molecule has 0 unspecified atom stereocenters. The Labute approximate surface area is 76.3 Å². The summed E-state index contributed by atoms with van der Waals surface area (Å²) in [5, 5.41) is 0. The average molecular weight is 174 g/mol. The lowest BCUT2D eigenvalue weighted by Crippen LogP contribution is -2.17. The van der Waals surface area contributed by atoms with Gasteiger partial charge in [0.2, 0.25) is 0 Å². The van der Waals surface area contributed by atoms with Crippen LogP contribution in [0.3, 0.4) is 0 Å². The standard InChI is InChI=1S/C10H22O2/c1-9(2)12-7-6-11-8-10(3,4)5/h9H,6-8H2,1-5H3. The monoisotopic (exact) mass is 174 g/mol. The Morgan fingerprint density at radius 1 is 1.08 bits per heavy atom. The largest absolute Gasteiger partial charge is 0.379 e. The number of rotatable bonds is 5. The van der Waals surface area contributed by atoms with Crippen LogP contribution in [0.4, 0.5) is 0 Å². The fourth-order valence-corrected chi connectivity index (χ4v) is 0.721. The molecule has 0 aromatic carbocycles. The highest BCUT2D eigenvalue weighted by Crippen LogP contribution is 2.12. The minimum Gasteiger partial charge on any atom is -0.379 e. The van der Waals surface area contributed by atoms with E-state index in [-0.39, 0.29) is 5.41 Å². The zero-order valence-electron chi connectivity index (χ0n) is 9.02. The van der Waals surface area contributed by atoms with E-state index in [1.165, 1.54) is 0 Å². The topological polar surface area (TPSA) is 18.5 Å². The minimum atomic E-state index is 0.262. The quantitative estimate of drug-likeness (QED) is 0.596. The van der Waals surface area contributed by atoms with E-state index in [4.69, 9.17) is 9.47 Å². The molecule has 0 radical (unpaired) electrons. The smallest absolute Gasteiger partial charge is 0.0703 e. The van der Waals surface area contributed by atoms with Crippen LogP contribution in [0, 0.1) is 5.41 Å². The Balaban J connectivity index is 3.12. The van der Waals surface area contributed by atoms with Crippen LogP contribution in [0.2, 0.25) is 0 Å². The maximum Gasteiger partial charge on any atom is 0.0703 e. The summed E-state index contributed by atoms with van der Waals surface area (Å²) in [4.78, 5) is 0. The van der Waals surface area contributed by atoms with E-state index in [2.05, 4.69) is 20.8 Å². The molecule has 0 aromatic rings. The second kappa shape index (κ2) is 5.55. The Bertz CT molecular complexity index is 103. The van der Waals surface area contributed by atoms with Gasteiger partial charge in [-0.1, -0.05) is 20.8 Å². The first-order chi connectivity index (χ1) is 5.42. The van der Waals surface area contributed by atoms with Crippen molar-refractivity contribution in [1.82, 2.24) is 0 Å². The van der Waals surface area contributed by atoms with Gasteiger partial charge in [0.1, 0.15) is 0 Å². The third-order valence-corrected chi connectivity index (χ3v) is 1.21. The summed E-state index contributed by atoms with van der Waals surface area (Å²) in [5.74, 6) is 0. The Morgan fingerprint density at radius 3 is 2.08 bits per heavy atom. The van der Waals surface area contributed by atoms with Crippen LogP contribution in [0.25, 0.3) is 0 Å². The highest BCUT2D eigenvalue weighted by atomic mass is 16.5. The summed E-state index contributed by atoms with van der Waals surface area (Å²) in [6.45, 7) is 12.8. The van der Waals surface area contributed by atoms with E-state index >= 15 is 0 Å². The maximum absolute atomic E-state index is 5.42. The van der Waals surface area contributed by atoms with E-state index < -0.39 is 0 Å². The summed E-state index contributed by atoms with van der Waals surface area (Å²) >= 11 is 0. The van der Waals surface area contributed by atoms with Crippen molar-refractivity contribution in [2.24, 2.45) is 5.41 Å². The molecule has 0 aliphatic carbocycles. The third-order valence-electron chi connectivity index (χ3n) is 1.21. The molecule has 0 amide bonds. The molecule has 2 heteroatoms. The normalized spacial score (nSPS) is 12.5. The number of hydrogen-bond donors (Lipinski definition) is 0. The predicted octanol–water partition coefficient (Wildman–Crippen LogP) is 2.47. The molecule has 0 heterocycles. The molecule has 2 nitrogen and oxygen atoms in total. The van der Waals surface area contributed by atoms with E-state index in [1.54, 1.807) is 0 Å². The van der Waals surface area contributed by atoms with Crippen molar-refractivity contribution in [2.75, 3.05) is 19.8 Å². The first kappa shape index (κ1) is 11.9. The van der Waals surface area contributed by atoms with Crippen LogP contribution >= 0.6 is 0 Å². The van der Waals surface area contributed by atoms with Gasteiger partial charge in [0.15, 0.2) is 0 Å². The van der Waals surface area contributed by atoms with Gasteiger partial charge in [-0.05, 0) is 19.3 Å². The van der Waals surface area contributed by atoms with Gasteiger partial charge in [0, 0.05) is 0 Å². The van der Waals surface area contributed by atoms with Gasteiger partial charge in [-0.3, -0.25) is 0 Å². The van der Waals surface area contributed by atoms with Crippen LogP contribution in [-0.2, 0) is 9.47 Å². The highest BCUT2D eigenvalue weighted by molar-refractivity contribution is 4.58. The maximum atomic E-state index is 5.42. The molecule has 0 aliphatic heterocycles. The SMILES string of the molecule is CC(C)OCCOCC(C)(C)C. The Hall–Kier alpha value is -0.0800. The van der Waals surface area contributed by atoms with Crippen LogP contribution in [0.5, 0.6) is 0 Å². The molecular weight excluding hydrogens is 152 g/mol. The molecular formula is C10H22O2. The summed E-state index contributed by atoms with van der Waals surface area (Å²) in [7, 11) is 0. The molecule has 0 N–H and O–H groups in total. The van der Waals surface area contributed by atoms with E-state index in [0.29, 0.717) is 19.3 Å². The van der Waals surface area contributed by atoms with E-state index in [9.17, 15) is 0 Å². The second-order valence-corrected chi connectivity index (χ2v) is 4.53. The molecule has 0 aliphatic rings. The van der Waals surface area contributed by atoms with Crippen molar-refractivity contribution in [3.8, 4) is 0 Å². The third kappa shape index (κ3) is 9.92. The number of hydrogen-bond acceptors (Lipinski definition) is 2. The molecule has 0 saturated carbocycles. The fraction of sp³-hybridized carbons (Fsp3) is 1.00.